The average Bonchev–Trinajstić information content (AvgIpc) is 2.62. The molecule has 25 heavy (non-hydrogen) atoms. The van der Waals surface area contributed by atoms with Crippen LogP contribution in [0.2, 0.25) is 0 Å². The fraction of sp³-hybridized carbons (Fsp3) is 0.783. The van der Waals surface area contributed by atoms with Gasteiger partial charge in [-0.05, 0) is 18.6 Å². The molecular formula is C23H42O2. The molecule has 0 saturated heterocycles. The number of unbranched alkanes of at least 4 members (excludes halogenated alkanes) is 14. The van der Waals surface area contributed by atoms with Crippen LogP contribution in [0.1, 0.15) is 110 Å². The van der Waals surface area contributed by atoms with Crippen molar-refractivity contribution in [1.82, 2.24) is 0 Å². The van der Waals surface area contributed by atoms with E-state index in [0.29, 0.717) is 6.42 Å². The van der Waals surface area contributed by atoms with E-state index in [0.717, 1.165) is 12.8 Å². The Morgan fingerprint density at radius 2 is 1.08 bits per heavy atom. The highest BCUT2D eigenvalue weighted by molar-refractivity contribution is 5.69. The molecule has 2 heteroatoms. The largest absolute Gasteiger partial charge is 0.454 e. The summed E-state index contributed by atoms with van der Waals surface area (Å²) in [7, 11) is 0. The summed E-state index contributed by atoms with van der Waals surface area (Å²) in [5.74, 6) is -0.139. The van der Waals surface area contributed by atoms with Gasteiger partial charge in [-0.3, -0.25) is 4.79 Å². The quantitative estimate of drug-likeness (QED) is 0.137. The molecule has 0 N–H and O–H groups in total. The van der Waals surface area contributed by atoms with Crippen molar-refractivity contribution in [2.75, 3.05) is 0 Å². The van der Waals surface area contributed by atoms with Crippen LogP contribution in [-0.4, -0.2) is 12.1 Å². The molecular weight excluding hydrogens is 308 g/mol. The molecule has 0 aliphatic carbocycles. The van der Waals surface area contributed by atoms with Crippen LogP contribution in [0, 0.1) is 0 Å². The molecule has 0 aromatic carbocycles. The van der Waals surface area contributed by atoms with Crippen molar-refractivity contribution in [2.45, 2.75) is 116 Å². The Morgan fingerprint density at radius 3 is 1.44 bits per heavy atom. The lowest BCUT2D eigenvalue weighted by atomic mass is 10.0. The lowest BCUT2D eigenvalue weighted by Crippen LogP contribution is -2.12. The van der Waals surface area contributed by atoms with Crippen LogP contribution < -0.4 is 0 Å². The van der Waals surface area contributed by atoms with E-state index in [4.69, 9.17) is 4.74 Å². The predicted molar refractivity (Wildman–Crippen MR) is 110 cm³/mol. The molecule has 0 saturated carbocycles. The van der Waals surface area contributed by atoms with Crippen molar-refractivity contribution in [3.05, 3.63) is 25.3 Å². The molecule has 0 fully saturated rings. The third-order valence-electron chi connectivity index (χ3n) is 4.72. The van der Waals surface area contributed by atoms with E-state index in [2.05, 4.69) is 20.1 Å². The molecule has 2 nitrogen and oxygen atoms in total. The van der Waals surface area contributed by atoms with Gasteiger partial charge in [-0.1, -0.05) is 110 Å². The zero-order chi connectivity index (χ0) is 18.6. The lowest BCUT2D eigenvalue weighted by molar-refractivity contribution is -0.145. The second-order valence-corrected chi connectivity index (χ2v) is 7.13. The first-order valence-electron chi connectivity index (χ1n) is 10.7. The second-order valence-electron chi connectivity index (χ2n) is 7.13. The molecule has 0 unspecified atom stereocenters. The summed E-state index contributed by atoms with van der Waals surface area (Å²) >= 11 is 0. The maximum atomic E-state index is 11.6. The molecule has 0 amide bonds. The van der Waals surface area contributed by atoms with Gasteiger partial charge in [0.1, 0.15) is 6.10 Å². The van der Waals surface area contributed by atoms with Crippen molar-refractivity contribution >= 4 is 5.97 Å². The first-order valence-corrected chi connectivity index (χ1v) is 10.7. The normalized spacial score (nSPS) is 10.8. The third-order valence-corrected chi connectivity index (χ3v) is 4.72. The highest BCUT2D eigenvalue weighted by Crippen LogP contribution is 2.14. The Morgan fingerprint density at radius 1 is 0.720 bits per heavy atom. The molecule has 0 spiro atoms. The summed E-state index contributed by atoms with van der Waals surface area (Å²) in [6.07, 6.45) is 23.4. The van der Waals surface area contributed by atoms with Crippen LogP contribution in [-0.2, 0) is 9.53 Å². The smallest absolute Gasteiger partial charge is 0.306 e. The minimum atomic E-state index is -0.344. The molecule has 146 valence electrons. The molecule has 0 heterocycles. The summed E-state index contributed by atoms with van der Waals surface area (Å²) in [5.41, 5.74) is 0. The molecule has 0 bridgehead atoms. The first-order chi connectivity index (χ1) is 12.2. The first kappa shape index (κ1) is 23.9. The van der Waals surface area contributed by atoms with Gasteiger partial charge in [-0.25, -0.2) is 0 Å². The Bertz CT molecular complexity index is 314. The van der Waals surface area contributed by atoms with Gasteiger partial charge in [-0.2, -0.15) is 0 Å². The van der Waals surface area contributed by atoms with Gasteiger partial charge in [0.15, 0.2) is 0 Å². The van der Waals surface area contributed by atoms with Gasteiger partial charge < -0.3 is 4.74 Å². The maximum Gasteiger partial charge on any atom is 0.306 e. The summed E-state index contributed by atoms with van der Waals surface area (Å²) in [6, 6.07) is 0. The summed E-state index contributed by atoms with van der Waals surface area (Å²) in [4.78, 5) is 11.6. The average molecular weight is 351 g/mol. The number of hydrogen-bond acceptors (Lipinski definition) is 2. The Kier molecular flexibility index (Phi) is 18.5. The number of ether oxygens (including phenoxy) is 1. The van der Waals surface area contributed by atoms with E-state index in [1.54, 1.807) is 12.2 Å². The maximum absolute atomic E-state index is 11.6. The molecule has 0 aliphatic heterocycles. The number of rotatable bonds is 19. The van der Waals surface area contributed by atoms with Crippen molar-refractivity contribution in [1.29, 1.82) is 0 Å². The summed E-state index contributed by atoms with van der Waals surface area (Å²) < 4.78 is 5.19. The monoisotopic (exact) mass is 350 g/mol. The molecule has 0 aromatic rings. The SMILES string of the molecule is C=CC(C=C)OC(=O)CCCCCCCCCCCCCCCCC. The molecule has 0 radical (unpaired) electrons. The molecule has 0 rings (SSSR count). The van der Waals surface area contributed by atoms with E-state index < -0.39 is 0 Å². The van der Waals surface area contributed by atoms with E-state index in [1.165, 1.54) is 83.5 Å². The van der Waals surface area contributed by atoms with Crippen LogP contribution in [0.3, 0.4) is 0 Å². The van der Waals surface area contributed by atoms with Gasteiger partial charge in [-0.15, -0.1) is 0 Å². The van der Waals surface area contributed by atoms with Crippen molar-refractivity contribution < 1.29 is 9.53 Å². The van der Waals surface area contributed by atoms with Crippen molar-refractivity contribution in [2.24, 2.45) is 0 Å². The summed E-state index contributed by atoms with van der Waals surface area (Å²) in [6.45, 7) is 9.50. The van der Waals surface area contributed by atoms with E-state index in [9.17, 15) is 4.79 Å². The molecule has 0 atom stereocenters. The minimum Gasteiger partial charge on any atom is -0.454 e. The van der Waals surface area contributed by atoms with E-state index in [-0.39, 0.29) is 12.1 Å². The van der Waals surface area contributed by atoms with Gasteiger partial charge in [0.05, 0.1) is 0 Å². The van der Waals surface area contributed by atoms with Crippen LogP contribution in [0.25, 0.3) is 0 Å². The van der Waals surface area contributed by atoms with Crippen LogP contribution in [0.5, 0.6) is 0 Å². The van der Waals surface area contributed by atoms with E-state index in [1.807, 2.05) is 0 Å². The van der Waals surface area contributed by atoms with Crippen LogP contribution >= 0.6 is 0 Å². The van der Waals surface area contributed by atoms with Gasteiger partial charge >= 0.3 is 5.97 Å². The van der Waals surface area contributed by atoms with Crippen LogP contribution in [0.4, 0.5) is 0 Å². The summed E-state index contributed by atoms with van der Waals surface area (Å²) in [5, 5.41) is 0. The van der Waals surface area contributed by atoms with Crippen molar-refractivity contribution in [3.8, 4) is 0 Å². The zero-order valence-corrected chi connectivity index (χ0v) is 16.8. The Hall–Kier alpha value is -1.05. The van der Waals surface area contributed by atoms with Gasteiger partial charge in [0.2, 0.25) is 0 Å². The molecule has 0 aromatic heterocycles. The molecule has 0 aliphatic rings. The fourth-order valence-corrected chi connectivity index (χ4v) is 3.04. The second kappa shape index (κ2) is 19.3. The lowest BCUT2D eigenvalue weighted by Gasteiger charge is -2.09. The Balaban J connectivity index is 3.20. The number of hydrogen-bond donors (Lipinski definition) is 0. The van der Waals surface area contributed by atoms with Gasteiger partial charge in [0, 0.05) is 6.42 Å². The number of esters is 1. The Labute approximate surface area is 157 Å². The van der Waals surface area contributed by atoms with Crippen molar-refractivity contribution in [3.63, 3.8) is 0 Å². The highest BCUT2D eigenvalue weighted by atomic mass is 16.5. The van der Waals surface area contributed by atoms with Gasteiger partial charge in [0.25, 0.3) is 0 Å². The topological polar surface area (TPSA) is 26.3 Å². The highest BCUT2D eigenvalue weighted by Gasteiger charge is 2.06. The standard InChI is InChI=1S/C23H42O2/c1-4-7-8-9-10-11-12-13-14-15-16-17-18-19-20-21-23(24)25-22(5-2)6-3/h5-6,22H,2-4,7-21H2,1H3. The number of carbonyl (C=O) groups excluding carboxylic acids is 1. The van der Waals surface area contributed by atoms with E-state index >= 15 is 0 Å². The predicted octanol–water partition coefficient (Wildman–Crippen LogP) is 7.53. The zero-order valence-electron chi connectivity index (χ0n) is 16.8. The minimum absolute atomic E-state index is 0.139. The third kappa shape index (κ3) is 17.6. The fourth-order valence-electron chi connectivity index (χ4n) is 3.04. The number of carbonyl (C=O) groups is 1. The van der Waals surface area contributed by atoms with Crippen LogP contribution in [0.15, 0.2) is 25.3 Å².